The number of benzene rings is 1. The van der Waals surface area contributed by atoms with Crippen LogP contribution in [0.4, 0.5) is 5.69 Å². The second-order valence-electron chi connectivity index (χ2n) is 5.37. The molecule has 0 saturated carbocycles. The van der Waals surface area contributed by atoms with Gasteiger partial charge in [0.2, 0.25) is 0 Å². The van der Waals surface area contributed by atoms with Gasteiger partial charge < -0.3 is 0 Å². The second kappa shape index (κ2) is 5.58. The lowest BCUT2D eigenvalue weighted by Crippen LogP contribution is -2.21. The first-order chi connectivity index (χ1) is 7.82. The van der Waals surface area contributed by atoms with Gasteiger partial charge in [0.1, 0.15) is 0 Å². The highest BCUT2D eigenvalue weighted by molar-refractivity contribution is 7.86. The van der Waals surface area contributed by atoms with Crippen molar-refractivity contribution >= 4 is 22.7 Å². The summed E-state index contributed by atoms with van der Waals surface area (Å²) in [5.74, 6) is 0.395. The van der Waals surface area contributed by atoms with Gasteiger partial charge in [0.05, 0.1) is 21.4 Å². The van der Waals surface area contributed by atoms with E-state index in [1.807, 2.05) is 51.3 Å². The van der Waals surface area contributed by atoms with E-state index in [1.165, 1.54) is 0 Å². The minimum absolute atomic E-state index is 0.260. The van der Waals surface area contributed by atoms with Crippen LogP contribution in [0.25, 0.3) is 0 Å². The van der Waals surface area contributed by atoms with E-state index in [0.29, 0.717) is 5.92 Å². The molecule has 1 rings (SSSR count). The molecule has 0 aliphatic heterocycles. The maximum Gasteiger partial charge on any atom is 0.0787 e. The molecule has 0 aromatic heterocycles. The fraction of sp³-hybridized carbons (Fsp3) is 0.500. The summed E-state index contributed by atoms with van der Waals surface area (Å²) >= 11 is 0. The highest BCUT2D eigenvalue weighted by atomic mass is 32.2. The summed E-state index contributed by atoms with van der Waals surface area (Å²) in [5.41, 5.74) is 0.814. The molecule has 0 aliphatic carbocycles. The first-order valence-electron chi connectivity index (χ1n) is 5.87. The zero-order valence-electron chi connectivity index (χ0n) is 11.2. The van der Waals surface area contributed by atoms with Crippen molar-refractivity contribution in [1.29, 1.82) is 0 Å². The van der Waals surface area contributed by atoms with Gasteiger partial charge in [-0.15, -0.1) is 0 Å². The lowest BCUT2D eigenvalue weighted by Gasteiger charge is -2.18. The van der Waals surface area contributed by atoms with Crippen LogP contribution in [0, 0.1) is 5.92 Å². The summed E-state index contributed by atoms with van der Waals surface area (Å²) in [6.07, 6.45) is 1.89. The van der Waals surface area contributed by atoms with Crippen LogP contribution in [0.2, 0.25) is 0 Å². The number of nitrogens with zero attached hydrogens (tertiary/aromatic N) is 1. The second-order valence-corrected chi connectivity index (χ2v) is 7.57. The standard InChI is InChI=1S/C14H21NOS/c1-11(2)10-15-12-8-6-7-9-13(12)17(16)14(3,4)5/h6-11H,1-5H3. The van der Waals surface area contributed by atoms with Gasteiger partial charge in [-0.2, -0.15) is 0 Å². The largest absolute Gasteiger partial charge is 0.260 e. The highest BCUT2D eigenvalue weighted by Crippen LogP contribution is 2.28. The Morgan fingerprint density at radius 3 is 2.35 bits per heavy atom. The molecule has 0 bridgehead atoms. The van der Waals surface area contributed by atoms with E-state index in [0.717, 1.165) is 10.6 Å². The molecule has 0 heterocycles. The van der Waals surface area contributed by atoms with Gasteiger partial charge in [-0.3, -0.25) is 9.20 Å². The molecule has 17 heavy (non-hydrogen) atoms. The number of rotatable bonds is 3. The first-order valence-corrected chi connectivity index (χ1v) is 7.02. The highest BCUT2D eigenvalue weighted by Gasteiger charge is 2.23. The Hall–Kier alpha value is -0.960. The third kappa shape index (κ3) is 4.08. The maximum atomic E-state index is 12.4. The van der Waals surface area contributed by atoms with Gasteiger partial charge in [-0.05, 0) is 38.8 Å². The van der Waals surface area contributed by atoms with Crippen LogP contribution in [-0.4, -0.2) is 15.2 Å². The SMILES string of the molecule is CC(C)C=Nc1ccccc1S(=O)C(C)(C)C. The summed E-state index contributed by atoms with van der Waals surface area (Å²) in [7, 11) is -1.04. The van der Waals surface area contributed by atoms with Crippen molar-refractivity contribution in [3.05, 3.63) is 24.3 Å². The molecule has 1 atom stereocenters. The average molecular weight is 251 g/mol. The van der Waals surface area contributed by atoms with E-state index in [4.69, 9.17) is 0 Å². The summed E-state index contributed by atoms with van der Waals surface area (Å²) in [5, 5.41) is 0. The van der Waals surface area contributed by atoms with Crippen molar-refractivity contribution in [3.63, 3.8) is 0 Å². The van der Waals surface area contributed by atoms with Crippen LogP contribution in [-0.2, 0) is 10.8 Å². The van der Waals surface area contributed by atoms with Crippen LogP contribution < -0.4 is 0 Å². The predicted molar refractivity (Wildman–Crippen MR) is 75.6 cm³/mol. The first kappa shape index (κ1) is 14.1. The number of hydrogen-bond donors (Lipinski definition) is 0. The monoisotopic (exact) mass is 251 g/mol. The minimum atomic E-state index is -1.04. The smallest absolute Gasteiger partial charge is 0.0787 e. The summed E-state index contributed by atoms with van der Waals surface area (Å²) < 4.78 is 12.1. The molecule has 2 nitrogen and oxygen atoms in total. The van der Waals surface area contributed by atoms with Gasteiger partial charge in [0.15, 0.2) is 0 Å². The Balaban J connectivity index is 3.13. The molecule has 0 aliphatic rings. The van der Waals surface area contributed by atoms with Crippen molar-refractivity contribution in [3.8, 4) is 0 Å². The Kier molecular flexibility index (Phi) is 4.63. The number of hydrogen-bond acceptors (Lipinski definition) is 2. The predicted octanol–water partition coefficient (Wildman–Crippen LogP) is 3.95. The lowest BCUT2D eigenvalue weighted by atomic mass is 10.2. The fourth-order valence-electron chi connectivity index (χ4n) is 1.28. The molecule has 3 heteroatoms. The van der Waals surface area contributed by atoms with Gasteiger partial charge in [0.25, 0.3) is 0 Å². The minimum Gasteiger partial charge on any atom is -0.260 e. The topological polar surface area (TPSA) is 29.4 Å². The Bertz CT molecular complexity index is 430. The van der Waals surface area contributed by atoms with Gasteiger partial charge >= 0.3 is 0 Å². The molecule has 1 aromatic carbocycles. The van der Waals surface area contributed by atoms with Gasteiger partial charge in [-0.25, -0.2) is 0 Å². The van der Waals surface area contributed by atoms with Crippen molar-refractivity contribution in [2.24, 2.45) is 10.9 Å². The van der Waals surface area contributed by atoms with Crippen molar-refractivity contribution in [1.82, 2.24) is 0 Å². The lowest BCUT2D eigenvalue weighted by molar-refractivity contribution is 0.649. The summed E-state index contributed by atoms with van der Waals surface area (Å²) in [6.45, 7) is 10.1. The third-order valence-corrected chi connectivity index (χ3v) is 3.99. The quantitative estimate of drug-likeness (QED) is 0.748. The van der Waals surface area contributed by atoms with Crippen LogP contribution in [0.15, 0.2) is 34.2 Å². The third-order valence-electron chi connectivity index (χ3n) is 2.13. The average Bonchev–Trinajstić information content (AvgIpc) is 2.24. The molecule has 1 aromatic rings. The Morgan fingerprint density at radius 2 is 1.82 bits per heavy atom. The van der Waals surface area contributed by atoms with Crippen molar-refractivity contribution in [2.75, 3.05) is 0 Å². The Labute approximate surface area is 107 Å². The van der Waals surface area contributed by atoms with Crippen molar-refractivity contribution < 1.29 is 4.21 Å². The summed E-state index contributed by atoms with van der Waals surface area (Å²) in [4.78, 5) is 5.24. The van der Waals surface area contributed by atoms with Crippen LogP contribution >= 0.6 is 0 Å². The molecule has 0 saturated heterocycles. The maximum absolute atomic E-state index is 12.4. The van der Waals surface area contributed by atoms with Gasteiger partial charge in [0, 0.05) is 11.0 Å². The normalized spacial score (nSPS) is 14.5. The molecule has 94 valence electrons. The molecule has 0 N–H and O–H groups in total. The van der Waals surface area contributed by atoms with E-state index >= 15 is 0 Å². The van der Waals surface area contributed by atoms with E-state index in [1.54, 1.807) is 0 Å². The van der Waals surface area contributed by atoms with E-state index < -0.39 is 10.8 Å². The van der Waals surface area contributed by atoms with Crippen LogP contribution in [0.3, 0.4) is 0 Å². The molecule has 0 spiro atoms. The van der Waals surface area contributed by atoms with Gasteiger partial charge in [-0.1, -0.05) is 26.0 Å². The molecular formula is C14H21NOS. The van der Waals surface area contributed by atoms with Crippen molar-refractivity contribution in [2.45, 2.75) is 44.3 Å². The van der Waals surface area contributed by atoms with Crippen LogP contribution in [0.1, 0.15) is 34.6 Å². The zero-order valence-corrected chi connectivity index (χ0v) is 12.0. The molecule has 0 amide bonds. The molecule has 0 radical (unpaired) electrons. The number of aliphatic imine (C=N–C) groups is 1. The van der Waals surface area contributed by atoms with E-state index in [9.17, 15) is 4.21 Å². The molecular weight excluding hydrogens is 230 g/mol. The molecule has 0 fully saturated rings. The molecule has 1 unspecified atom stereocenters. The summed E-state index contributed by atoms with van der Waals surface area (Å²) in [6, 6.07) is 7.65. The van der Waals surface area contributed by atoms with E-state index in [-0.39, 0.29) is 4.75 Å². The number of para-hydroxylation sites is 1. The van der Waals surface area contributed by atoms with Crippen LogP contribution in [0.5, 0.6) is 0 Å². The fourth-order valence-corrected chi connectivity index (χ4v) is 2.45. The zero-order chi connectivity index (χ0) is 13.1. The Morgan fingerprint density at radius 1 is 1.24 bits per heavy atom. The van der Waals surface area contributed by atoms with E-state index in [2.05, 4.69) is 18.8 Å².